The SMILES string of the molecule is C#CCOc1c(Cl)cc(/C=N/NC(=O)c2ccc(OCC=C)c(OCC)c2)cc1OC. The number of amides is 1. The van der Waals surface area contributed by atoms with Crippen LogP contribution in [-0.2, 0) is 0 Å². The Morgan fingerprint density at radius 2 is 2.03 bits per heavy atom. The standard InChI is InChI=1S/C23H23ClN2O5/c1-5-10-30-19-9-8-17(14-20(19)29-7-3)23(27)26-25-15-16-12-18(24)22(31-11-6-2)21(13-16)28-4/h2,5,8-9,12-15H,1,7,10-11H2,3-4H3,(H,26,27)/b25-15+. The van der Waals surface area contributed by atoms with E-state index in [9.17, 15) is 4.79 Å². The highest BCUT2D eigenvalue weighted by Crippen LogP contribution is 2.36. The Labute approximate surface area is 186 Å². The largest absolute Gasteiger partial charge is 0.493 e. The second kappa shape index (κ2) is 12.2. The third kappa shape index (κ3) is 6.69. The van der Waals surface area contributed by atoms with E-state index in [1.807, 2.05) is 6.92 Å². The van der Waals surface area contributed by atoms with Crippen LogP contribution >= 0.6 is 11.6 Å². The summed E-state index contributed by atoms with van der Waals surface area (Å²) in [5.41, 5.74) is 3.42. The zero-order valence-electron chi connectivity index (χ0n) is 17.3. The summed E-state index contributed by atoms with van der Waals surface area (Å²) in [6, 6.07) is 8.14. The predicted octanol–water partition coefficient (Wildman–Crippen LogP) is 4.09. The van der Waals surface area contributed by atoms with Crippen LogP contribution in [-0.4, -0.2) is 39.1 Å². The minimum Gasteiger partial charge on any atom is -0.493 e. The zero-order chi connectivity index (χ0) is 22.6. The quantitative estimate of drug-likeness (QED) is 0.245. The Morgan fingerprint density at radius 3 is 2.71 bits per heavy atom. The fourth-order valence-electron chi connectivity index (χ4n) is 2.48. The van der Waals surface area contributed by atoms with Crippen LogP contribution in [0.3, 0.4) is 0 Å². The number of nitrogens with one attached hydrogen (secondary N) is 1. The Kier molecular flexibility index (Phi) is 9.27. The van der Waals surface area contributed by atoms with Crippen LogP contribution in [0.1, 0.15) is 22.8 Å². The minimum absolute atomic E-state index is 0.0563. The number of carbonyl (C=O) groups excluding carboxylic acids is 1. The molecule has 0 heterocycles. The molecule has 0 unspecified atom stereocenters. The molecule has 0 saturated heterocycles. The lowest BCUT2D eigenvalue weighted by atomic mass is 10.2. The van der Waals surface area contributed by atoms with Crippen LogP contribution in [0.4, 0.5) is 0 Å². The lowest BCUT2D eigenvalue weighted by Gasteiger charge is -2.12. The molecular weight excluding hydrogens is 420 g/mol. The maximum absolute atomic E-state index is 12.5. The van der Waals surface area contributed by atoms with E-state index in [1.165, 1.54) is 13.3 Å². The molecule has 0 bridgehead atoms. The molecule has 2 aromatic carbocycles. The van der Waals surface area contributed by atoms with E-state index >= 15 is 0 Å². The van der Waals surface area contributed by atoms with Gasteiger partial charge in [-0.15, -0.1) is 6.42 Å². The molecule has 31 heavy (non-hydrogen) atoms. The van der Waals surface area contributed by atoms with E-state index in [4.69, 9.17) is 37.0 Å². The van der Waals surface area contributed by atoms with Gasteiger partial charge < -0.3 is 18.9 Å². The number of terminal acetylenes is 1. The lowest BCUT2D eigenvalue weighted by Crippen LogP contribution is -2.17. The topological polar surface area (TPSA) is 78.4 Å². The fraction of sp³-hybridized carbons (Fsp3) is 0.217. The van der Waals surface area contributed by atoms with Gasteiger partial charge in [-0.3, -0.25) is 4.79 Å². The molecular formula is C23H23ClN2O5. The molecule has 0 aliphatic heterocycles. The van der Waals surface area contributed by atoms with Gasteiger partial charge in [0, 0.05) is 5.56 Å². The number of methoxy groups -OCH3 is 1. The van der Waals surface area contributed by atoms with Gasteiger partial charge in [0.05, 0.1) is 25.0 Å². The highest BCUT2D eigenvalue weighted by molar-refractivity contribution is 6.32. The van der Waals surface area contributed by atoms with Gasteiger partial charge in [-0.05, 0) is 42.8 Å². The Hall–Kier alpha value is -3.63. The van der Waals surface area contributed by atoms with Crippen LogP contribution in [0.15, 0.2) is 48.1 Å². The van der Waals surface area contributed by atoms with Crippen LogP contribution in [0.25, 0.3) is 0 Å². The van der Waals surface area contributed by atoms with Crippen molar-refractivity contribution < 1.29 is 23.7 Å². The molecule has 1 amide bonds. The first-order valence-electron chi connectivity index (χ1n) is 9.31. The minimum atomic E-state index is -0.417. The number of hydrazone groups is 1. The predicted molar refractivity (Wildman–Crippen MR) is 121 cm³/mol. The molecule has 0 radical (unpaired) electrons. The molecule has 0 spiro atoms. The summed E-state index contributed by atoms with van der Waals surface area (Å²) in [4.78, 5) is 12.5. The lowest BCUT2D eigenvalue weighted by molar-refractivity contribution is 0.0954. The summed E-state index contributed by atoms with van der Waals surface area (Å²) in [7, 11) is 1.48. The van der Waals surface area contributed by atoms with Gasteiger partial charge in [-0.1, -0.05) is 30.2 Å². The molecule has 0 aliphatic rings. The zero-order valence-corrected chi connectivity index (χ0v) is 18.1. The highest BCUT2D eigenvalue weighted by atomic mass is 35.5. The fourth-order valence-corrected chi connectivity index (χ4v) is 2.76. The van der Waals surface area contributed by atoms with Crippen molar-refractivity contribution in [3.05, 3.63) is 59.1 Å². The third-order valence-corrected chi connectivity index (χ3v) is 4.07. The van der Waals surface area contributed by atoms with Gasteiger partial charge in [0.2, 0.25) is 0 Å². The van der Waals surface area contributed by atoms with Crippen molar-refractivity contribution >= 4 is 23.7 Å². The maximum Gasteiger partial charge on any atom is 0.271 e. The van der Waals surface area contributed by atoms with Crippen molar-refractivity contribution in [2.75, 3.05) is 26.9 Å². The van der Waals surface area contributed by atoms with E-state index in [2.05, 4.69) is 23.0 Å². The first-order valence-corrected chi connectivity index (χ1v) is 9.69. The summed E-state index contributed by atoms with van der Waals surface area (Å²) in [5.74, 6) is 3.66. The van der Waals surface area contributed by atoms with Crippen molar-refractivity contribution in [3.8, 4) is 35.3 Å². The molecule has 162 valence electrons. The summed E-state index contributed by atoms with van der Waals surface area (Å²) < 4.78 is 21.7. The second-order valence-corrected chi connectivity index (χ2v) is 6.33. The average molecular weight is 443 g/mol. The molecule has 0 atom stereocenters. The Bertz CT molecular complexity index is 998. The smallest absolute Gasteiger partial charge is 0.271 e. The van der Waals surface area contributed by atoms with Crippen LogP contribution < -0.4 is 24.4 Å². The molecule has 2 aromatic rings. The van der Waals surface area contributed by atoms with Crippen LogP contribution in [0, 0.1) is 12.3 Å². The summed E-state index contributed by atoms with van der Waals surface area (Å²) in [6.45, 7) is 6.27. The van der Waals surface area contributed by atoms with Crippen molar-refractivity contribution in [3.63, 3.8) is 0 Å². The Morgan fingerprint density at radius 1 is 1.23 bits per heavy atom. The Balaban J connectivity index is 2.13. The molecule has 0 saturated carbocycles. The maximum atomic E-state index is 12.5. The van der Waals surface area contributed by atoms with Crippen molar-refractivity contribution in [2.45, 2.75) is 6.92 Å². The molecule has 2 rings (SSSR count). The monoisotopic (exact) mass is 442 g/mol. The van der Waals surface area contributed by atoms with Gasteiger partial charge >= 0.3 is 0 Å². The van der Waals surface area contributed by atoms with E-state index < -0.39 is 5.91 Å². The van der Waals surface area contributed by atoms with Crippen molar-refractivity contribution in [1.82, 2.24) is 5.43 Å². The van der Waals surface area contributed by atoms with E-state index in [-0.39, 0.29) is 6.61 Å². The summed E-state index contributed by atoms with van der Waals surface area (Å²) in [6.07, 6.45) is 8.26. The van der Waals surface area contributed by atoms with Crippen LogP contribution in [0.2, 0.25) is 5.02 Å². The van der Waals surface area contributed by atoms with E-state index in [0.29, 0.717) is 52.4 Å². The number of benzene rings is 2. The van der Waals surface area contributed by atoms with Gasteiger partial charge in [-0.2, -0.15) is 5.10 Å². The van der Waals surface area contributed by atoms with Gasteiger partial charge in [0.1, 0.15) is 13.2 Å². The van der Waals surface area contributed by atoms with Gasteiger partial charge in [-0.25, -0.2) is 5.43 Å². The number of ether oxygens (including phenoxy) is 4. The number of rotatable bonds is 11. The summed E-state index contributed by atoms with van der Waals surface area (Å²) >= 11 is 6.23. The molecule has 8 heteroatoms. The molecule has 0 aromatic heterocycles. The molecule has 0 aliphatic carbocycles. The number of hydrogen-bond acceptors (Lipinski definition) is 6. The number of nitrogens with zero attached hydrogens (tertiary/aromatic N) is 1. The van der Waals surface area contributed by atoms with Crippen LogP contribution in [0.5, 0.6) is 23.0 Å². The normalized spacial score (nSPS) is 10.3. The summed E-state index contributed by atoms with van der Waals surface area (Å²) in [5, 5.41) is 4.28. The van der Waals surface area contributed by atoms with Gasteiger partial charge in [0.25, 0.3) is 5.91 Å². The molecule has 0 fully saturated rings. The molecule has 1 N–H and O–H groups in total. The molecule has 7 nitrogen and oxygen atoms in total. The number of carbonyl (C=O) groups is 1. The van der Waals surface area contributed by atoms with Gasteiger partial charge in [0.15, 0.2) is 23.0 Å². The number of halogens is 1. The number of hydrogen-bond donors (Lipinski definition) is 1. The average Bonchev–Trinajstić information content (AvgIpc) is 2.77. The van der Waals surface area contributed by atoms with E-state index in [0.717, 1.165) is 0 Å². The second-order valence-electron chi connectivity index (χ2n) is 5.92. The van der Waals surface area contributed by atoms with Crippen molar-refractivity contribution in [2.24, 2.45) is 5.10 Å². The third-order valence-electron chi connectivity index (χ3n) is 3.79. The highest BCUT2D eigenvalue weighted by Gasteiger charge is 2.13. The first-order chi connectivity index (χ1) is 15.0. The van der Waals surface area contributed by atoms with Crippen molar-refractivity contribution in [1.29, 1.82) is 0 Å². The first kappa shape index (κ1) is 23.6. The van der Waals surface area contributed by atoms with E-state index in [1.54, 1.807) is 36.4 Å².